The molecule has 2 aromatic carbocycles. The van der Waals surface area contributed by atoms with Crippen LogP contribution in [0.2, 0.25) is 0 Å². The van der Waals surface area contributed by atoms with E-state index in [0.29, 0.717) is 36.7 Å². The van der Waals surface area contributed by atoms with Gasteiger partial charge >= 0.3 is 6.09 Å². The summed E-state index contributed by atoms with van der Waals surface area (Å²) in [5, 5.41) is 10.5. The Balaban J connectivity index is 1.16. The Morgan fingerprint density at radius 1 is 1.05 bits per heavy atom. The van der Waals surface area contributed by atoms with Gasteiger partial charge < -0.3 is 20.3 Å². The number of hydrogen-bond acceptors (Lipinski definition) is 8. The highest BCUT2D eigenvalue weighted by molar-refractivity contribution is 5.99. The summed E-state index contributed by atoms with van der Waals surface area (Å²) < 4.78 is 7.10. The van der Waals surface area contributed by atoms with Crippen molar-refractivity contribution in [3.8, 4) is 11.3 Å². The summed E-state index contributed by atoms with van der Waals surface area (Å²) in [6, 6.07) is 13.1. The normalized spacial score (nSPS) is 15.3. The molecule has 4 aromatic rings. The number of rotatable bonds is 4. The van der Waals surface area contributed by atoms with Gasteiger partial charge in [-0.25, -0.2) is 19.3 Å². The third-order valence-electron chi connectivity index (χ3n) is 6.70. The van der Waals surface area contributed by atoms with Crippen LogP contribution < -0.4 is 15.5 Å². The quantitative estimate of drug-likeness (QED) is 0.403. The smallest absolute Gasteiger partial charge is 0.410 e. The van der Waals surface area contributed by atoms with E-state index in [2.05, 4.69) is 25.7 Å². The average molecular weight is 541 g/mol. The molecule has 0 radical (unpaired) electrons. The predicted octanol–water partition coefficient (Wildman–Crippen LogP) is 3.36. The molecule has 0 atom stereocenters. The number of piperazine rings is 1. The second-order valence-electron chi connectivity index (χ2n) is 10.7. The number of fused-ring (bicyclic) bond motifs is 2. The van der Waals surface area contributed by atoms with Gasteiger partial charge in [0.1, 0.15) is 18.5 Å². The van der Waals surface area contributed by atoms with Crippen LogP contribution in [0.1, 0.15) is 36.7 Å². The minimum atomic E-state index is -0.617. The minimum absolute atomic E-state index is 0.0346. The van der Waals surface area contributed by atoms with Gasteiger partial charge in [0, 0.05) is 42.1 Å². The number of hydrogen-bond donors (Lipinski definition) is 2. The molecule has 204 valence electrons. The molecule has 2 aliphatic rings. The van der Waals surface area contributed by atoms with E-state index < -0.39 is 11.7 Å². The van der Waals surface area contributed by atoms with Crippen LogP contribution in [-0.4, -0.2) is 67.6 Å². The molecule has 12 nitrogen and oxygen atoms in total. The number of anilines is 3. The van der Waals surface area contributed by atoms with E-state index in [9.17, 15) is 14.4 Å². The van der Waals surface area contributed by atoms with E-state index >= 15 is 0 Å². The Labute approximate surface area is 230 Å². The van der Waals surface area contributed by atoms with Gasteiger partial charge in [0.25, 0.3) is 5.91 Å². The lowest BCUT2D eigenvalue weighted by Gasteiger charge is -2.35. The molecule has 12 heteroatoms. The molecule has 2 N–H and O–H groups in total. The molecule has 0 bridgehead atoms. The SMILES string of the molecule is CC(C)(C)OC(=O)N1CCN(c2ccc(Nc3ncc(-c4ccc5c(c4)CNC5=O)n4ncnc34)cc2)C(=O)C1. The zero-order chi connectivity index (χ0) is 28.0. The molecule has 0 aliphatic carbocycles. The van der Waals surface area contributed by atoms with E-state index in [4.69, 9.17) is 4.74 Å². The number of nitrogens with one attached hydrogen (secondary N) is 2. The summed E-state index contributed by atoms with van der Waals surface area (Å²) in [6.07, 6.45) is 2.70. The van der Waals surface area contributed by atoms with Crippen LogP contribution in [0.5, 0.6) is 0 Å². The van der Waals surface area contributed by atoms with Crippen LogP contribution in [0.3, 0.4) is 0 Å². The summed E-state index contributed by atoms with van der Waals surface area (Å²) >= 11 is 0. The number of amides is 3. The first-order valence-corrected chi connectivity index (χ1v) is 12.9. The first kappa shape index (κ1) is 25.3. The number of carbonyl (C=O) groups excluding carboxylic acids is 3. The molecule has 1 fully saturated rings. The number of carbonyl (C=O) groups is 3. The van der Waals surface area contributed by atoms with Gasteiger partial charge in [-0.1, -0.05) is 6.07 Å². The second kappa shape index (κ2) is 9.63. The van der Waals surface area contributed by atoms with E-state index in [-0.39, 0.29) is 18.4 Å². The summed E-state index contributed by atoms with van der Waals surface area (Å²) in [7, 11) is 0. The summed E-state index contributed by atoms with van der Waals surface area (Å²) in [5.74, 6) is 0.282. The Hall–Kier alpha value is -5.00. The van der Waals surface area contributed by atoms with Crippen LogP contribution in [-0.2, 0) is 16.1 Å². The predicted molar refractivity (Wildman–Crippen MR) is 147 cm³/mol. The number of benzene rings is 2. The van der Waals surface area contributed by atoms with Crippen molar-refractivity contribution in [2.75, 3.05) is 29.9 Å². The monoisotopic (exact) mass is 540 g/mol. The van der Waals surface area contributed by atoms with Gasteiger partial charge in [-0.15, -0.1) is 0 Å². The van der Waals surface area contributed by atoms with Gasteiger partial charge in [0.15, 0.2) is 11.5 Å². The van der Waals surface area contributed by atoms with Crippen LogP contribution in [0.25, 0.3) is 16.9 Å². The van der Waals surface area contributed by atoms with Gasteiger partial charge in [-0.3, -0.25) is 14.5 Å². The molecular formula is C28H28N8O4. The summed E-state index contributed by atoms with van der Waals surface area (Å²) in [5.41, 5.74) is 4.67. The Morgan fingerprint density at radius 2 is 1.85 bits per heavy atom. The van der Waals surface area contributed by atoms with Crippen molar-refractivity contribution in [1.29, 1.82) is 0 Å². The third kappa shape index (κ3) is 4.79. The zero-order valence-electron chi connectivity index (χ0n) is 22.3. The fourth-order valence-electron chi connectivity index (χ4n) is 4.78. The van der Waals surface area contributed by atoms with Crippen molar-refractivity contribution in [1.82, 2.24) is 29.8 Å². The van der Waals surface area contributed by atoms with Crippen molar-refractivity contribution < 1.29 is 19.1 Å². The molecule has 3 amide bonds. The van der Waals surface area contributed by atoms with Crippen molar-refractivity contribution in [3.05, 3.63) is 66.1 Å². The second-order valence-corrected chi connectivity index (χ2v) is 10.7. The third-order valence-corrected chi connectivity index (χ3v) is 6.70. The van der Waals surface area contributed by atoms with Gasteiger partial charge in [-0.2, -0.15) is 5.10 Å². The first-order valence-electron chi connectivity index (χ1n) is 12.9. The lowest BCUT2D eigenvalue weighted by atomic mass is 10.0. The minimum Gasteiger partial charge on any atom is -0.444 e. The fourth-order valence-corrected chi connectivity index (χ4v) is 4.78. The lowest BCUT2D eigenvalue weighted by Crippen LogP contribution is -2.53. The topological polar surface area (TPSA) is 134 Å². The van der Waals surface area contributed by atoms with Crippen LogP contribution >= 0.6 is 0 Å². The lowest BCUT2D eigenvalue weighted by molar-refractivity contribution is -0.121. The van der Waals surface area contributed by atoms with Gasteiger partial charge in [0.2, 0.25) is 5.91 Å². The van der Waals surface area contributed by atoms with Crippen LogP contribution in [0.15, 0.2) is 55.0 Å². The molecule has 6 rings (SSSR count). The van der Waals surface area contributed by atoms with Crippen molar-refractivity contribution in [3.63, 3.8) is 0 Å². The highest BCUT2D eigenvalue weighted by atomic mass is 16.6. The number of ether oxygens (including phenoxy) is 1. The Bertz CT molecular complexity index is 1640. The fraction of sp³-hybridized carbons (Fsp3) is 0.286. The molecule has 2 aromatic heterocycles. The van der Waals surface area contributed by atoms with E-state index in [1.165, 1.54) is 11.2 Å². The molecular weight excluding hydrogens is 512 g/mol. The first-order chi connectivity index (χ1) is 19.2. The average Bonchev–Trinajstić information content (AvgIpc) is 3.56. The molecule has 0 unspecified atom stereocenters. The molecule has 2 aliphatic heterocycles. The molecule has 1 saturated heterocycles. The van der Waals surface area contributed by atoms with Crippen molar-refractivity contribution >= 4 is 40.7 Å². The highest BCUT2D eigenvalue weighted by Gasteiger charge is 2.31. The molecule has 0 saturated carbocycles. The molecule has 40 heavy (non-hydrogen) atoms. The summed E-state index contributed by atoms with van der Waals surface area (Å²) in [4.78, 5) is 49.2. The van der Waals surface area contributed by atoms with Crippen molar-refractivity contribution in [2.24, 2.45) is 0 Å². The maximum atomic E-state index is 12.8. The van der Waals surface area contributed by atoms with Crippen molar-refractivity contribution in [2.45, 2.75) is 32.9 Å². The van der Waals surface area contributed by atoms with E-state index in [1.807, 2.05) is 42.5 Å². The largest absolute Gasteiger partial charge is 0.444 e. The molecule has 0 spiro atoms. The van der Waals surface area contributed by atoms with Gasteiger partial charge in [-0.05, 0) is 62.7 Å². The number of aromatic nitrogens is 4. The highest BCUT2D eigenvalue weighted by Crippen LogP contribution is 2.28. The van der Waals surface area contributed by atoms with E-state index in [1.54, 1.807) is 36.4 Å². The standard InChI is InChI=1S/C28H28N8O4/c1-28(2,3)40-27(39)34-10-11-35(23(37)15-34)20-7-5-19(6-8-20)33-24-25-31-16-32-36(25)22(14-29-24)17-4-9-21-18(12-17)13-30-26(21)38/h4-9,12,14,16H,10-11,13,15H2,1-3H3,(H,29,33)(H,30,38). The maximum absolute atomic E-state index is 12.8. The van der Waals surface area contributed by atoms with E-state index in [0.717, 1.165) is 28.2 Å². The van der Waals surface area contributed by atoms with Gasteiger partial charge in [0.05, 0.1) is 11.9 Å². The summed E-state index contributed by atoms with van der Waals surface area (Å²) in [6.45, 7) is 6.62. The van der Waals surface area contributed by atoms with Crippen LogP contribution in [0, 0.1) is 0 Å². The number of nitrogens with zero attached hydrogens (tertiary/aromatic N) is 6. The maximum Gasteiger partial charge on any atom is 0.410 e. The zero-order valence-corrected chi connectivity index (χ0v) is 22.3. The Kier molecular flexibility index (Phi) is 6.09. The molecule has 4 heterocycles. The Morgan fingerprint density at radius 3 is 2.60 bits per heavy atom. The van der Waals surface area contributed by atoms with Crippen LogP contribution in [0.4, 0.5) is 22.0 Å².